The molecule has 0 aliphatic heterocycles. The topological polar surface area (TPSA) is 114 Å². The Morgan fingerprint density at radius 3 is 1.12 bits per heavy atom. The average Bonchev–Trinajstić information content (AvgIpc) is 2.69. The van der Waals surface area contributed by atoms with Crippen LogP contribution in [-0.2, 0) is 36.1 Å². The molecule has 0 rings (SSSR count). The van der Waals surface area contributed by atoms with Crippen LogP contribution in [0.25, 0.3) is 0 Å². The number of rotatable bonds is 14. The number of amides is 2. The summed E-state index contributed by atoms with van der Waals surface area (Å²) in [5.74, 6) is -1.36. The molecule has 0 saturated carbocycles. The zero-order valence-electron chi connectivity index (χ0n) is 16.5. The van der Waals surface area contributed by atoms with Crippen molar-refractivity contribution in [2.24, 2.45) is 0 Å². The summed E-state index contributed by atoms with van der Waals surface area (Å²) < 4.78 is 31.7. The molecule has 0 unspecified atom stereocenters. The van der Waals surface area contributed by atoms with Gasteiger partial charge in [0.05, 0.1) is 0 Å². The van der Waals surface area contributed by atoms with E-state index in [1.54, 1.807) is 0 Å². The molecule has 26 heavy (non-hydrogen) atoms. The molecule has 0 bridgehead atoms. The van der Waals surface area contributed by atoms with Gasteiger partial charge >= 0.3 is 29.4 Å². The Hall–Kier alpha value is -0.866. The van der Waals surface area contributed by atoms with Crippen molar-refractivity contribution < 1.29 is 36.1 Å². The molecule has 0 spiro atoms. The third kappa shape index (κ3) is 8.22. The fourth-order valence-electron chi connectivity index (χ4n) is 2.29. The Morgan fingerprint density at radius 1 is 0.615 bits per heavy atom. The van der Waals surface area contributed by atoms with Crippen LogP contribution in [0, 0.1) is 0 Å². The molecule has 2 amide bonds. The summed E-state index contributed by atoms with van der Waals surface area (Å²) in [5.41, 5.74) is 0. The Morgan fingerprint density at radius 2 is 0.885 bits per heavy atom. The van der Waals surface area contributed by atoms with Gasteiger partial charge in [-0.1, -0.05) is 0 Å². The molecule has 0 aromatic rings. The lowest BCUT2D eigenvalue weighted by atomic mass is 10.4. The normalized spacial score (nSPS) is 12.1. The maximum atomic E-state index is 11.8. The van der Waals surface area contributed by atoms with Gasteiger partial charge in [0, 0.05) is 67.8 Å². The lowest BCUT2D eigenvalue weighted by Crippen LogP contribution is -2.45. The third-order valence-corrected chi connectivity index (χ3v) is 9.63. The molecule has 0 heterocycles. The lowest BCUT2D eigenvalue weighted by Gasteiger charge is -2.24. The van der Waals surface area contributed by atoms with E-state index in [1.807, 2.05) is 0 Å². The summed E-state index contributed by atoms with van der Waals surface area (Å²) in [5, 5.41) is 5.11. The second-order valence-corrected chi connectivity index (χ2v) is 11.5. The van der Waals surface area contributed by atoms with Gasteiger partial charge in [-0.3, -0.25) is 9.59 Å². The highest BCUT2D eigenvalue weighted by Gasteiger charge is 2.37. The van der Waals surface area contributed by atoms with Crippen molar-refractivity contribution in [1.29, 1.82) is 0 Å². The molecule has 0 radical (unpaired) electrons. The van der Waals surface area contributed by atoms with Crippen molar-refractivity contribution in [1.82, 2.24) is 10.6 Å². The maximum absolute atomic E-state index is 11.8. The van der Waals surface area contributed by atoms with Gasteiger partial charge in [-0.05, 0) is 12.8 Å². The highest BCUT2D eigenvalue weighted by molar-refractivity contribution is 6.60. The molecule has 0 aromatic heterocycles. The van der Waals surface area contributed by atoms with Gasteiger partial charge in [0.1, 0.15) is 0 Å². The molecule has 2 N–H and O–H groups in total. The predicted molar refractivity (Wildman–Crippen MR) is 98.4 cm³/mol. The smallest absolute Gasteiger partial charge is 0.377 e. The van der Waals surface area contributed by atoms with Crippen molar-refractivity contribution in [2.75, 3.05) is 55.7 Å². The molecule has 0 atom stereocenters. The largest absolute Gasteiger partial charge is 0.500 e. The zero-order chi connectivity index (χ0) is 20.1. The second-order valence-electron chi connectivity index (χ2n) is 5.31. The van der Waals surface area contributed by atoms with E-state index < -0.39 is 29.4 Å². The molecule has 0 aliphatic carbocycles. The number of nitrogens with one attached hydrogen (secondary N) is 2. The van der Waals surface area contributed by atoms with Gasteiger partial charge in [-0.25, -0.2) is 0 Å². The minimum Gasteiger partial charge on any atom is -0.377 e. The van der Waals surface area contributed by atoms with E-state index in [9.17, 15) is 9.59 Å². The van der Waals surface area contributed by atoms with Crippen LogP contribution >= 0.6 is 0 Å². The van der Waals surface area contributed by atoms with Crippen LogP contribution in [0.1, 0.15) is 12.8 Å². The van der Waals surface area contributed by atoms with Gasteiger partial charge in [-0.2, -0.15) is 0 Å². The van der Waals surface area contributed by atoms with Gasteiger partial charge in [-0.15, -0.1) is 0 Å². The second kappa shape index (κ2) is 13.3. The quantitative estimate of drug-likeness (QED) is 0.228. The SMILES string of the molecule is CO[Si](CCCNC(=O)C(=O)NCCC[Si](OC)(OC)OC)(OC)OC. The summed E-state index contributed by atoms with van der Waals surface area (Å²) in [6.07, 6.45) is 1.15. The van der Waals surface area contributed by atoms with Crippen LogP contribution in [0.3, 0.4) is 0 Å². The van der Waals surface area contributed by atoms with Crippen LogP contribution < -0.4 is 10.6 Å². The average molecular weight is 413 g/mol. The highest BCUT2D eigenvalue weighted by Crippen LogP contribution is 2.15. The van der Waals surface area contributed by atoms with E-state index in [0.29, 0.717) is 38.0 Å². The van der Waals surface area contributed by atoms with Crippen LogP contribution in [0.2, 0.25) is 12.1 Å². The molecule has 0 aromatic carbocycles. The predicted octanol–water partition coefficient (Wildman–Crippen LogP) is -0.245. The maximum Gasteiger partial charge on any atom is 0.500 e. The first kappa shape index (κ1) is 25.1. The van der Waals surface area contributed by atoms with E-state index in [0.717, 1.165) is 0 Å². The monoisotopic (exact) mass is 412 g/mol. The first-order valence-corrected chi connectivity index (χ1v) is 12.1. The first-order valence-electron chi connectivity index (χ1n) is 8.25. The van der Waals surface area contributed by atoms with Crippen LogP contribution in [0.5, 0.6) is 0 Å². The summed E-state index contributed by atoms with van der Waals surface area (Å²) in [7, 11) is 3.85. The van der Waals surface area contributed by atoms with E-state index in [2.05, 4.69) is 10.6 Å². The van der Waals surface area contributed by atoms with Crippen LogP contribution in [0.15, 0.2) is 0 Å². The van der Waals surface area contributed by atoms with Crippen molar-refractivity contribution in [3.8, 4) is 0 Å². The Kier molecular flexibility index (Phi) is 12.9. The first-order chi connectivity index (χ1) is 12.4. The lowest BCUT2D eigenvalue weighted by molar-refractivity contribution is -0.139. The fraction of sp³-hybridized carbons (Fsp3) is 0.857. The summed E-state index contributed by atoms with van der Waals surface area (Å²) >= 11 is 0. The van der Waals surface area contributed by atoms with Gasteiger partial charge in [0.2, 0.25) is 0 Å². The summed E-state index contributed by atoms with van der Waals surface area (Å²) in [4.78, 5) is 23.5. The number of carbonyl (C=O) groups excluding carboxylic acids is 2. The van der Waals surface area contributed by atoms with Gasteiger partial charge in [0.25, 0.3) is 0 Å². The molecule has 154 valence electrons. The van der Waals surface area contributed by atoms with Gasteiger partial charge < -0.3 is 37.2 Å². The summed E-state index contributed by atoms with van der Waals surface area (Å²) in [6.45, 7) is 0.647. The molecule has 0 saturated heterocycles. The highest BCUT2D eigenvalue weighted by atomic mass is 28.4. The third-order valence-electron chi connectivity index (χ3n) is 3.96. The van der Waals surface area contributed by atoms with E-state index in [4.69, 9.17) is 26.6 Å². The minimum atomic E-state index is -2.66. The molecular weight excluding hydrogens is 380 g/mol. The van der Waals surface area contributed by atoms with Crippen molar-refractivity contribution >= 4 is 29.4 Å². The van der Waals surface area contributed by atoms with Crippen molar-refractivity contribution in [3.63, 3.8) is 0 Å². The Labute approximate surface area is 157 Å². The van der Waals surface area contributed by atoms with Crippen LogP contribution in [-0.4, -0.2) is 85.2 Å². The standard InChI is InChI=1S/C14H32N2O8Si2/c1-19-25(20-2,21-3)11-7-9-15-13(17)14(18)16-10-8-12-26(22-4,23-5)24-6/h7-12H2,1-6H3,(H,15,17)(H,16,18). The molecule has 0 fully saturated rings. The number of hydrogen-bond donors (Lipinski definition) is 2. The molecule has 12 heteroatoms. The van der Waals surface area contributed by atoms with E-state index >= 15 is 0 Å². The van der Waals surface area contributed by atoms with Crippen LogP contribution in [0.4, 0.5) is 0 Å². The van der Waals surface area contributed by atoms with Crippen molar-refractivity contribution in [2.45, 2.75) is 24.9 Å². The Balaban J connectivity index is 4.06. The fourth-order valence-corrected chi connectivity index (χ4v) is 5.73. The zero-order valence-corrected chi connectivity index (χ0v) is 18.5. The number of carbonyl (C=O) groups is 2. The van der Waals surface area contributed by atoms with Crippen molar-refractivity contribution in [3.05, 3.63) is 0 Å². The molecule has 10 nitrogen and oxygen atoms in total. The van der Waals surface area contributed by atoms with E-state index in [1.165, 1.54) is 42.7 Å². The summed E-state index contributed by atoms with van der Waals surface area (Å²) in [6, 6.07) is 1.08. The minimum absolute atomic E-state index is 0.324. The van der Waals surface area contributed by atoms with E-state index in [-0.39, 0.29) is 0 Å². The molecular formula is C14H32N2O8Si2. The van der Waals surface area contributed by atoms with Gasteiger partial charge in [0.15, 0.2) is 0 Å². The molecule has 0 aliphatic rings. The Bertz CT molecular complexity index is 365. The number of hydrogen-bond acceptors (Lipinski definition) is 8.